The van der Waals surface area contributed by atoms with Gasteiger partial charge >= 0.3 is 0 Å². The van der Waals surface area contributed by atoms with Gasteiger partial charge in [-0.2, -0.15) is 0 Å². The van der Waals surface area contributed by atoms with Crippen LogP contribution >= 0.6 is 0 Å². The quantitative estimate of drug-likeness (QED) is 0.775. The van der Waals surface area contributed by atoms with Crippen molar-refractivity contribution in [2.45, 2.75) is 6.10 Å². The Balaban J connectivity index is 2.15. The van der Waals surface area contributed by atoms with Crippen molar-refractivity contribution in [2.24, 2.45) is 0 Å². The number of aromatic nitrogens is 4. The summed E-state index contributed by atoms with van der Waals surface area (Å²) in [6, 6.07) is 5.45. The first kappa shape index (κ1) is 12.4. The number of ether oxygens (including phenoxy) is 1. The van der Waals surface area contributed by atoms with E-state index in [-0.39, 0.29) is 0 Å². The van der Waals surface area contributed by atoms with Gasteiger partial charge in [0.25, 0.3) is 0 Å². The maximum Gasteiger partial charge on any atom is 0.238 e. The van der Waals surface area contributed by atoms with Crippen molar-refractivity contribution in [3.05, 3.63) is 54.2 Å². The molecule has 1 N–H and O–H groups in total. The van der Waals surface area contributed by atoms with Crippen LogP contribution in [0.4, 0.5) is 0 Å². The summed E-state index contributed by atoms with van der Waals surface area (Å²) in [4.78, 5) is 16.7. The molecule has 0 aliphatic carbocycles. The fourth-order valence-electron chi connectivity index (χ4n) is 2.06. The Hall–Kier alpha value is -2.60. The zero-order valence-corrected chi connectivity index (χ0v) is 10.8. The summed E-state index contributed by atoms with van der Waals surface area (Å²) in [7, 11) is 1.49. The topological polar surface area (TPSA) is 81.0 Å². The Labute approximate surface area is 115 Å². The lowest BCUT2D eigenvalue weighted by atomic mass is 10.0. The number of nitrogens with zero attached hydrogens (tertiary/aromatic N) is 4. The first-order valence-corrected chi connectivity index (χ1v) is 6.04. The summed E-state index contributed by atoms with van der Waals surface area (Å²) in [5, 5.41) is 10.6. The number of rotatable bonds is 3. The molecule has 0 amide bonds. The van der Waals surface area contributed by atoms with E-state index >= 15 is 0 Å². The van der Waals surface area contributed by atoms with E-state index in [4.69, 9.17) is 4.74 Å². The normalized spacial score (nSPS) is 12.3. The third kappa shape index (κ3) is 2.06. The Morgan fingerprint density at radius 2 is 1.75 bits per heavy atom. The van der Waals surface area contributed by atoms with Gasteiger partial charge in [-0.15, -0.1) is 0 Å². The molecule has 3 rings (SSSR count). The van der Waals surface area contributed by atoms with Gasteiger partial charge in [-0.3, -0.25) is 15.0 Å². The van der Waals surface area contributed by atoms with E-state index in [1.165, 1.54) is 19.5 Å². The van der Waals surface area contributed by atoms with Gasteiger partial charge in [-0.1, -0.05) is 12.1 Å². The van der Waals surface area contributed by atoms with E-state index in [2.05, 4.69) is 19.9 Å². The summed E-state index contributed by atoms with van der Waals surface area (Å²) in [5.74, 6) is 0.292. The molecule has 2 heterocycles. The average Bonchev–Trinajstić information content (AvgIpc) is 2.53. The van der Waals surface area contributed by atoms with Gasteiger partial charge in [0.2, 0.25) is 5.88 Å². The zero-order chi connectivity index (χ0) is 13.9. The van der Waals surface area contributed by atoms with Crippen LogP contribution in [-0.4, -0.2) is 32.2 Å². The molecule has 3 aromatic rings. The molecule has 0 radical (unpaired) electrons. The molecule has 1 atom stereocenters. The van der Waals surface area contributed by atoms with Crippen LogP contribution in [0.1, 0.15) is 17.4 Å². The molecule has 20 heavy (non-hydrogen) atoms. The van der Waals surface area contributed by atoms with E-state index in [9.17, 15) is 5.11 Å². The Bertz CT molecular complexity index is 743. The molecular formula is C14H12N4O2. The SMILES string of the molecule is COc1nccnc1C(O)c1cccc2nccnc12. The van der Waals surface area contributed by atoms with E-state index in [0.717, 1.165) is 0 Å². The van der Waals surface area contributed by atoms with Crippen molar-refractivity contribution in [3.63, 3.8) is 0 Å². The van der Waals surface area contributed by atoms with Gasteiger partial charge in [0.05, 0.1) is 18.1 Å². The van der Waals surface area contributed by atoms with Gasteiger partial charge in [-0.25, -0.2) is 4.98 Å². The second-order valence-electron chi connectivity index (χ2n) is 4.12. The second kappa shape index (κ2) is 5.18. The molecule has 1 unspecified atom stereocenters. The monoisotopic (exact) mass is 268 g/mol. The predicted molar refractivity (Wildman–Crippen MR) is 72.2 cm³/mol. The molecule has 0 aliphatic rings. The van der Waals surface area contributed by atoms with Gasteiger partial charge in [-0.05, 0) is 6.07 Å². The van der Waals surface area contributed by atoms with Crippen molar-refractivity contribution >= 4 is 11.0 Å². The van der Waals surface area contributed by atoms with Crippen molar-refractivity contribution in [1.82, 2.24) is 19.9 Å². The molecule has 1 aromatic carbocycles. The fourth-order valence-corrected chi connectivity index (χ4v) is 2.06. The number of aliphatic hydroxyl groups is 1. The van der Waals surface area contributed by atoms with Crippen LogP contribution in [0.25, 0.3) is 11.0 Å². The van der Waals surface area contributed by atoms with E-state index in [1.807, 2.05) is 12.1 Å². The van der Waals surface area contributed by atoms with Gasteiger partial charge < -0.3 is 9.84 Å². The first-order valence-electron chi connectivity index (χ1n) is 6.04. The molecule has 0 saturated heterocycles. The van der Waals surface area contributed by atoms with Gasteiger partial charge in [0, 0.05) is 30.4 Å². The molecule has 0 spiro atoms. The summed E-state index contributed by atoms with van der Waals surface area (Å²) in [6.07, 6.45) is 5.25. The second-order valence-corrected chi connectivity index (χ2v) is 4.12. The van der Waals surface area contributed by atoms with Crippen LogP contribution < -0.4 is 4.74 Å². The number of hydrogen-bond donors (Lipinski definition) is 1. The molecule has 0 bridgehead atoms. The van der Waals surface area contributed by atoms with Crippen LogP contribution in [0.15, 0.2) is 43.0 Å². The minimum Gasteiger partial charge on any atom is -0.480 e. The Morgan fingerprint density at radius 1 is 1.00 bits per heavy atom. The maximum absolute atomic E-state index is 10.6. The number of methoxy groups -OCH3 is 1. The summed E-state index contributed by atoms with van der Waals surface area (Å²) >= 11 is 0. The molecule has 6 heteroatoms. The molecule has 2 aromatic heterocycles. The summed E-state index contributed by atoms with van der Waals surface area (Å²) in [5.41, 5.74) is 2.32. The van der Waals surface area contributed by atoms with E-state index in [0.29, 0.717) is 28.2 Å². The number of para-hydroxylation sites is 1. The average molecular weight is 268 g/mol. The number of benzene rings is 1. The lowest BCUT2D eigenvalue weighted by Gasteiger charge is -2.14. The van der Waals surface area contributed by atoms with Crippen LogP contribution in [-0.2, 0) is 0 Å². The van der Waals surface area contributed by atoms with Gasteiger partial charge in [0.1, 0.15) is 11.8 Å². The fraction of sp³-hybridized carbons (Fsp3) is 0.143. The highest BCUT2D eigenvalue weighted by atomic mass is 16.5. The lowest BCUT2D eigenvalue weighted by Crippen LogP contribution is -2.07. The van der Waals surface area contributed by atoms with Gasteiger partial charge in [0.15, 0.2) is 0 Å². The maximum atomic E-state index is 10.6. The largest absolute Gasteiger partial charge is 0.480 e. The molecule has 0 fully saturated rings. The highest BCUT2D eigenvalue weighted by Gasteiger charge is 2.20. The van der Waals surface area contributed by atoms with E-state index < -0.39 is 6.10 Å². The van der Waals surface area contributed by atoms with Crippen molar-refractivity contribution in [1.29, 1.82) is 0 Å². The molecule has 6 nitrogen and oxygen atoms in total. The molecular weight excluding hydrogens is 256 g/mol. The van der Waals surface area contributed by atoms with Crippen LogP contribution in [0.5, 0.6) is 5.88 Å². The molecule has 100 valence electrons. The number of aliphatic hydroxyl groups excluding tert-OH is 1. The highest BCUT2D eigenvalue weighted by Crippen LogP contribution is 2.29. The highest BCUT2D eigenvalue weighted by molar-refractivity contribution is 5.78. The van der Waals surface area contributed by atoms with Crippen LogP contribution in [0.2, 0.25) is 0 Å². The van der Waals surface area contributed by atoms with Crippen molar-refractivity contribution in [2.75, 3.05) is 7.11 Å². The minimum absolute atomic E-state index is 0.292. The standard InChI is InChI=1S/C14H12N4O2/c1-20-14-12(17-7-8-18-14)13(19)9-3-2-4-10-11(9)16-6-5-15-10/h2-8,13,19H,1H3. The Kier molecular flexibility index (Phi) is 3.22. The summed E-state index contributed by atoms with van der Waals surface area (Å²) < 4.78 is 5.13. The predicted octanol–water partition coefficient (Wildman–Crippen LogP) is 1.51. The summed E-state index contributed by atoms with van der Waals surface area (Å²) in [6.45, 7) is 0. The molecule has 0 saturated carbocycles. The first-order chi connectivity index (χ1) is 9.81. The minimum atomic E-state index is -0.973. The zero-order valence-electron chi connectivity index (χ0n) is 10.8. The Morgan fingerprint density at radius 3 is 2.60 bits per heavy atom. The van der Waals surface area contributed by atoms with Crippen molar-refractivity contribution in [3.8, 4) is 5.88 Å². The lowest BCUT2D eigenvalue weighted by molar-refractivity contribution is 0.209. The van der Waals surface area contributed by atoms with E-state index in [1.54, 1.807) is 18.5 Å². The number of hydrogen-bond acceptors (Lipinski definition) is 6. The third-order valence-electron chi connectivity index (χ3n) is 2.97. The van der Waals surface area contributed by atoms with Crippen molar-refractivity contribution < 1.29 is 9.84 Å². The third-order valence-corrected chi connectivity index (χ3v) is 2.97. The van der Waals surface area contributed by atoms with Crippen LogP contribution in [0, 0.1) is 0 Å². The smallest absolute Gasteiger partial charge is 0.238 e. The van der Waals surface area contributed by atoms with Crippen LogP contribution in [0.3, 0.4) is 0 Å². The molecule has 0 aliphatic heterocycles. The number of fused-ring (bicyclic) bond motifs is 1.